The molecule has 0 spiro atoms. The Morgan fingerprint density at radius 1 is 1.44 bits per heavy atom. The van der Waals surface area contributed by atoms with Crippen molar-refractivity contribution in [3.8, 4) is 17.1 Å². The molecule has 132 valence electrons. The number of carbonyl (C=O) groups excluding carboxylic acids is 1. The van der Waals surface area contributed by atoms with E-state index in [-0.39, 0.29) is 29.5 Å². The third kappa shape index (κ3) is 2.88. The second kappa shape index (κ2) is 6.13. The zero-order valence-corrected chi connectivity index (χ0v) is 14.3. The normalized spacial score (nSPS) is 19.2. The molecule has 0 unspecified atom stereocenters. The summed E-state index contributed by atoms with van der Waals surface area (Å²) in [6.07, 6.45) is 4.47. The minimum absolute atomic E-state index is 0.0361. The zero-order chi connectivity index (χ0) is 17.6. The van der Waals surface area contributed by atoms with Crippen LogP contribution in [-0.2, 0) is 11.3 Å². The van der Waals surface area contributed by atoms with E-state index in [9.17, 15) is 9.18 Å². The largest absolute Gasteiger partial charge is 0.474 e. The maximum Gasteiger partial charge on any atom is 0.345 e. The number of fused-ring (bicyclic) bond motifs is 1. The maximum absolute atomic E-state index is 14.5. The van der Waals surface area contributed by atoms with Crippen LogP contribution in [0.1, 0.15) is 54.9 Å². The summed E-state index contributed by atoms with van der Waals surface area (Å²) >= 11 is 0. The number of nitrogens with zero attached hydrogens (tertiary/aromatic N) is 3. The van der Waals surface area contributed by atoms with Crippen molar-refractivity contribution < 1.29 is 18.7 Å². The summed E-state index contributed by atoms with van der Waals surface area (Å²) in [5.41, 5.74) is 1.63. The van der Waals surface area contributed by atoms with Crippen molar-refractivity contribution in [1.29, 1.82) is 0 Å². The fourth-order valence-electron chi connectivity index (χ4n) is 3.12. The third-order valence-corrected chi connectivity index (χ3v) is 4.61. The Morgan fingerprint density at radius 3 is 2.96 bits per heavy atom. The third-order valence-electron chi connectivity index (χ3n) is 4.61. The predicted molar refractivity (Wildman–Crippen MR) is 88.1 cm³/mol. The number of hydrogen-bond acceptors (Lipinski definition) is 5. The summed E-state index contributed by atoms with van der Waals surface area (Å²) < 4.78 is 27.1. The van der Waals surface area contributed by atoms with Gasteiger partial charge in [-0.2, -0.15) is 9.49 Å². The van der Waals surface area contributed by atoms with Gasteiger partial charge in [-0.05, 0) is 44.2 Å². The van der Waals surface area contributed by atoms with Gasteiger partial charge in [0.05, 0.1) is 18.3 Å². The van der Waals surface area contributed by atoms with Gasteiger partial charge >= 0.3 is 5.97 Å². The van der Waals surface area contributed by atoms with Gasteiger partial charge < -0.3 is 9.47 Å². The highest BCUT2D eigenvalue weighted by molar-refractivity contribution is 5.99. The number of aryl methyl sites for hydroxylation is 1. The van der Waals surface area contributed by atoms with Crippen LogP contribution < -0.4 is 4.74 Å². The Morgan fingerprint density at radius 2 is 2.24 bits per heavy atom. The number of pyridine rings is 1. The lowest BCUT2D eigenvalue weighted by molar-refractivity contribution is 0.0515. The molecule has 1 atom stereocenters. The van der Waals surface area contributed by atoms with Gasteiger partial charge in [-0.25, -0.2) is 14.5 Å². The molecule has 3 heterocycles. The smallest absolute Gasteiger partial charge is 0.345 e. The molecule has 0 bridgehead atoms. The number of rotatable bonds is 4. The highest BCUT2D eigenvalue weighted by Gasteiger charge is 2.33. The highest BCUT2D eigenvalue weighted by Crippen LogP contribution is 2.42. The number of aromatic nitrogens is 3. The first kappa shape index (κ1) is 16.1. The van der Waals surface area contributed by atoms with E-state index in [1.165, 1.54) is 0 Å². The number of halogens is 1. The average molecular weight is 345 g/mol. The van der Waals surface area contributed by atoms with Crippen molar-refractivity contribution >= 4 is 5.97 Å². The summed E-state index contributed by atoms with van der Waals surface area (Å²) in [6, 6.07) is 1.75. The molecule has 7 heteroatoms. The Labute approximate surface area is 145 Å². The van der Waals surface area contributed by atoms with Gasteiger partial charge in [0, 0.05) is 19.2 Å². The van der Waals surface area contributed by atoms with Crippen molar-refractivity contribution in [3.05, 3.63) is 29.3 Å². The van der Waals surface area contributed by atoms with Crippen LogP contribution in [0.2, 0.25) is 0 Å². The maximum atomic E-state index is 14.5. The first-order valence-corrected chi connectivity index (χ1v) is 8.68. The van der Waals surface area contributed by atoms with Crippen molar-refractivity contribution in [2.45, 2.75) is 51.7 Å². The summed E-state index contributed by atoms with van der Waals surface area (Å²) in [5.74, 6) is -0.419. The molecule has 1 saturated carbocycles. The first-order chi connectivity index (χ1) is 12.1. The Bertz CT molecular complexity index is 829. The summed E-state index contributed by atoms with van der Waals surface area (Å²) in [4.78, 5) is 16.4. The van der Waals surface area contributed by atoms with Gasteiger partial charge in [-0.1, -0.05) is 0 Å². The quantitative estimate of drug-likeness (QED) is 0.628. The van der Waals surface area contributed by atoms with E-state index < -0.39 is 11.9 Å². The first-order valence-electron chi connectivity index (χ1n) is 8.68. The summed E-state index contributed by atoms with van der Waals surface area (Å²) in [6.45, 7) is 4.50. The number of hydrogen-bond donors (Lipinski definition) is 0. The molecular formula is C18H20FN3O3. The van der Waals surface area contributed by atoms with Crippen LogP contribution in [0.25, 0.3) is 11.3 Å². The number of ether oxygens (including phenoxy) is 2. The molecule has 2 aromatic heterocycles. The van der Waals surface area contributed by atoms with Crippen LogP contribution in [0.3, 0.4) is 0 Å². The lowest BCUT2D eigenvalue weighted by Crippen LogP contribution is -2.24. The number of carbonyl (C=O) groups is 1. The molecular weight excluding hydrogens is 325 g/mol. The molecule has 1 aliphatic carbocycles. The highest BCUT2D eigenvalue weighted by atomic mass is 19.1. The van der Waals surface area contributed by atoms with E-state index in [0.29, 0.717) is 18.3 Å². The van der Waals surface area contributed by atoms with Crippen molar-refractivity contribution in [3.63, 3.8) is 0 Å². The molecule has 2 aromatic rings. The molecule has 0 saturated heterocycles. The van der Waals surface area contributed by atoms with Gasteiger partial charge in [0.15, 0.2) is 0 Å². The average Bonchev–Trinajstić information content (AvgIpc) is 3.36. The van der Waals surface area contributed by atoms with Crippen molar-refractivity contribution in [2.24, 2.45) is 0 Å². The van der Waals surface area contributed by atoms with Crippen LogP contribution in [0.4, 0.5) is 4.39 Å². The standard InChI is InChI=1S/C18H20FN3O3/c1-3-24-18(23)14-15(21-22-7-6-10(2)25-17(14)22)13-8-12(11-4-5-11)9-20-16(13)19/h8-11H,3-7H2,1-2H3/t10-/m1/s1. The van der Waals surface area contributed by atoms with Gasteiger partial charge in [-0.3, -0.25) is 0 Å². The fraction of sp³-hybridized carbons (Fsp3) is 0.500. The molecule has 0 amide bonds. The van der Waals surface area contributed by atoms with Crippen LogP contribution in [0.5, 0.6) is 5.88 Å². The second-order valence-electron chi connectivity index (χ2n) is 6.57. The predicted octanol–water partition coefficient (Wildman–Crippen LogP) is 3.31. The minimum Gasteiger partial charge on any atom is -0.474 e. The molecule has 25 heavy (non-hydrogen) atoms. The SMILES string of the molecule is CCOC(=O)c1c(-c2cc(C3CC3)cnc2F)nn2c1O[C@H](C)CC2. The molecule has 0 aromatic carbocycles. The van der Waals surface area contributed by atoms with E-state index in [1.807, 2.05) is 6.92 Å². The fourth-order valence-corrected chi connectivity index (χ4v) is 3.12. The summed E-state index contributed by atoms with van der Waals surface area (Å²) in [5, 5.41) is 4.45. The van der Waals surface area contributed by atoms with Gasteiger partial charge in [0.1, 0.15) is 11.3 Å². The molecule has 6 nitrogen and oxygen atoms in total. The lowest BCUT2D eigenvalue weighted by atomic mass is 10.1. The van der Waals surface area contributed by atoms with E-state index >= 15 is 0 Å². The van der Waals surface area contributed by atoms with E-state index in [4.69, 9.17) is 9.47 Å². The van der Waals surface area contributed by atoms with Crippen LogP contribution >= 0.6 is 0 Å². The second-order valence-corrected chi connectivity index (χ2v) is 6.57. The molecule has 0 N–H and O–H groups in total. The van der Waals surface area contributed by atoms with Gasteiger partial charge in [0.2, 0.25) is 11.8 Å². The molecule has 4 rings (SSSR count). The Kier molecular flexibility index (Phi) is 3.94. The molecule has 1 fully saturated rings. The van der Waals surface area contributed by atoms with Crippen LogP contribution in [0.15, 0.2) is 12.3 Å². The molecule has 2 aliphatic rings. The number of esters is 1. The van der Waals surface area contributed by atoms with E-state index in [0.717, 1.165) is 24.8 Å². The summed E-state index contributed by atoms with van der Waals surface area (Å²) in [7, 11) is 0. The topological polar surface area (TPSA) is 66.2 Å². The minimum atomic E-state index is -0.640. The molecule has 0 radical (unpaired) electrons. The van der Waals surface area contributed by atoms with Crippen LogP contribution in [-0.4, -0.2) is 33.4 Å². The van der Waals surface area contributed by atoms with E-state index in [2.05, 4.69) is 10.1 Å². The van der Waals surface area contributed by atoms with E-state index in [1.54, 1.807) is 23.9 Å². The monoisotopic (exact) mass is 345 g/mol. The van der Waals surface area contributed by atoms with Gasteiger partial charge in [0.25, 0.3) is 0 Å². The van der Waals surface area contributed by atoms with Gasteiger partial charge in [-0.15, -0.1) is 0 Å². The molecule has 1 aliphatic heterocycles. The van der Waals surface area contributed by atoms with Crippen molar-refractivity contribution in [2.75, 3.05) is 6.61 Å². The van der Waals surface area contributed by atoms with Crippen LogP contribution in [0, 0.1) is 5.95 Å². The lowest BCUT2D eigenvalue weighted by Gasteiger charge is -2.21. The Hall–Kier alpha value is -2.44. The Balaban J connectivity index is 1.86. The zero-order valence-electron chi connectivity index (χ0n) is 14.3. The van der Waals surface area contributed by atoms with Crippen molar-refractivity contribution in [1.82, 2.24) is 14.8 Å².